The molecule has 0 radical (unpaired) electrons. The van der Waals surface area contributed by atoms with Crippen LogP contribution in [-0.4, -0.2) is 61.5 Å². The molecule has 0 spiro atoms. The predicted molar refractivity (Wildman–Crippen MR) is 95.6 cm³/mol. The molecule has 0 bridgehead atoms. The van der Waals surface area contributed by atoms with Crippen molar-refractivity contribution in [3.8, 4) is 0 Å². The van der Waals surface area contributed by atoms with Crippen molar-refractivity contribution in [2.45, 2.75) is 32.6 Å². The van der Waals surface area contributed by atoms with Gasteiger partial charge in [-0.15, -0.1) is 0 Å². The summed E-state index contributed by atoms with van der Waals surface area (Å²) in [5, 5.41) is 3.00. The summed E-state index contributed by atoms with van der Waals surface area (Å²) < 4.78 is 0. The summed E-state index contributed by atoms with van der Waals surface area (Å²) in [6.07, 6.45) is 4.56. The second-order valence-electron chi connectivity index (χ2n) is 6.41. The van der Waals surface area contributed by atoms with Crippen molar-refractivity contribution in [3.05, 3.63) is 35.9 Å². The number of hydrogen-bond donors (Lipinski definition) is 1. The number of rotatable bonds is 9. The number of carbonyl (C=O) groups is 1. The first-order chi connectivity index (χ1) is 11.3. The highest BCUT2D eigenvalue weighted by molar-refractivity contribution is 5.77. The lowest BCUT2D eigenvalue weighted by Gasteiger charge is -2.34. The Labute approximate surface area is 140 Å². The Morgan fingerprint density at radius 2 is 1.74 bits per heavy atom. The summed E-state index contributed by atoms with van der Waals surface area (Å²) in [5.41, 5.74) is 1.43. The Hall–Kier alpha value is -1.39. The molecule has 1 aliphatic rings. The van der Waals surface area contributed by atoms with Crippen LogP contribution in [0.3, 0.4) is 0 Å². The van der Waals surface area contributed by atoms with Crippen LogP contribution in [0.4, 0.5) is 0 Å². The second-order valence-corrected chi connectivity index (χ2v) is 6.41. The van der Waals surface area contributed by atoms with Crippen molar-refractivity contribution in [3.63, 3.8) is 0 Å². The molecule has 0 atom stereocenters. The Morgan fingerprint density at radius 3 is 2.43 bits per heavy atom. The lowest BCUT2D eigenvalue weighted by molar-refractivity contribution is -0.122. The molecule has 0 saturated carbocycles. The van der Waals surface area contributed by atoms with E-state index in [1.807, 2.05) is 0 Å². The van der Waals surface area contributed by atoms with E-state index in [4.69, 9.17) is 0 Å². The van der Waals surface area contributed by atoms with Crippen LogP contribution in [-0.2, 0) is 11.2 Å². The van der Waals surface area contributed by atoms with Crippen LogP contribution in [0.25, 0.3) is 0 Å². The molecule has 1 heterocycles. The molecule has 1 amide bonds. The Balaban J connectivity index is 1.56. The lowest BCUT2D eigenvalue weighted by atomic mass is 10.1. The fourth-order valence-corrected chi connectivity index (χ4v) is 2.99. The molecule has 1 saturated heterocycles. The first-order valence-corrected chi connectivity index (χ1v) is 9.03. The van der Waals surface area contributed by atoms with E-state index < -0.39 is 0 Å². The molecule has 4 heteroatoms. The van der Waals surface area contributed by atoms with Crippen molar-refractivity contribution in [1.29, 1.82) is 0 Å². The quantitative estimate of drug-likeness (QED) is 0.709. The molecule has 4 nitrogen and oxygen atoms in total. The van der Waals surface area contributed by atoms with Gasteiger partial charge in [0.15, 0.2) is 0 Å². The zero-order valence-corrected chi connectivity index (χ0v) is 14.5. The van der Waals surface area contributed by atoms with Gasteiger partial charge < -0.3 is 10.2 Å². The number of hydrogen-bond acceptors (Lipinski definition) is 3. The van der Waals surface area contributed by atoms with E-state index >= 15 is 0 Å². The summed E-state index contributed by atoms with van der Waals surface area (Å²) in [5.74, 6) is 0.177. The summed E-state index contributed by atoms with van der Waals surface area (Å²) in [7, 11) is 0. The number of carbonyl (C=O) groups excluding carboxylic acids is 1. The molecule has 1 N–H and O–H groups in total. The first kappa shape index (κ1) is 18.0. The number of aryl methyl sites for hydroxylation is 1. The predicted octanol–water partition coefficient (Wildman–Crippen LogP) is 2.15. The second kappa shape index (κ2) is 10.4. The Kier molecular flexibility index (Phi) is 8.12. The van der Waals surface area contributed by atoms with Crippen molar-refractivity contribution >= 4 is 5.91 Å². The van der Waals surface area contributed by atoms with Crippen LogP contribution >= 0.6 is 0 Å². The van der Waals surface area contributed by atoms with Crippen LogP contribution in [0.2, 0.25) is 0 Å². The number of unbranched alkanes of at least 4 members (excludes halogenated alkanes) is 1. The molecular formula is C19H31N3O. The Bertz CT molecular complexity index is 441. The average Bonchev–Trinajstić information content (AvgIpc) is 2.58. The summed E-state index contributed by atoms with van der Waals surface area (Å²) >= 11 is 0. The van der Waals surface area contributed by atoms with E-state index in [0.717, 1.165) is 58.5 Å². The van der Waals surface area contributed by atoms with Gasteiger partial charge in [0, 0.05) is 32.7 Å². The number of nitrogens with one attached hydrogen (secondary N) is 1. The van der Waals surface area contributed by atoms with Crippen LogP contribution < -0.4 is 5.32 Å². The Morgan fingerprint density at radius 1 is 1.04 bits per heavy atom. The van der Waals surface area contributed by atoms with Gasteiger partial charge >= 0.3 is 0 Å². The summed E-state index contributed by atoms with van der Waals surface area (Å²) in [4.78, 5) is 16.6. The normalized spacial score (nSPS) is 16.4. The smallest absolute Gasteiger partial charge is 0.234 e. The van der Waals surface area contributed by atoms with Crippen molar-refractivity contribution in [2.24, 2.45) is 0 Å². The maximum absolute atomic E-state index is 11.8. The number of piperazine rings is 1. The lowest BCUT2D eigenvalue weighted by Crippen LogP contribution is -2.49. The van der Waals surface area contributed by atoms with Gasteiger partial charge in [-0.2, -0.15) is 0 Å². The summed E-state index contributed by atoms with van der Waals surface area (Å²) in [6, 6.07) is 10.7. The highest BCUT2D eigenvalue weighted by atomic mass is 16.2. The van der Waals surface area contributed by atoms with Crippen LogP contribution in [0.1, 0.15) is 31.7 Å². The standard InChI is InChI=1S/C19H31N3O/c1-2-3-11-20-19(23)17-22-15-13-21(14-16-22)12-7-10-18-8-5-4-6-9-18/h4-6,8-9H,2-3,7,10-17H2,1H3,(H,20,23). The molecular weight excluding hydrogens is 286 g/mol. The first-order valence-electron chi connectivity index (χ1n) is 9.03. The highest BCUT2D eigenvalue weighted by Gasteiger charge is 2.18. The molecule has 23 heavy (non-hydrogen) atoms. The van der Waals surface area contributed by atoms with E-state index in [0.29, 0.717) is 6.54 Å². The highest BCUT2D eigenvalue weighted by Crippen LogP contribution is 2.06. The monoisotopic (exact) mass is 317 g/mol. The molecule has 128 valence electrons. The molecule has 2 rings (SSSR count). The molecule has 1 aromatic rings. The summed E-state index contributed by atoms with van der Waals surface area (Å²) in [6.45, 7) is 8.85. The zero-order valence-electron chi connectivity index (χ0n) is 14.5. The third-order valence-electron chi connectivity index (χ3n) is 4.47. The fraction of sp³-hybridized carbons (Fsp3) is 0.632. The average molecular weight is 317 g/mol. The van der Waals surface area contributed by atoms with Gasteiger partial charge in [-0.3, -0.25) is 9.69 Å². The van der Waals surface area contributed by atoms with Gasteiger partial charge in [-0.1, -0.05) is 43.7 Å². The largest absolute Gasteiger partial charge is 0.355 e. The van der Waals surface area contributed by atoms with Gasteiger partial charge in [-0.05, 0) is 31.4 Å². The molecule has 1 fully saturated rings. The van der Waals surface area contributed by atoms with E-state index in [-0.39, 0.29) is 5.91 Å². The maximum atomic E-state index is 11.8. The maximum Gasteiger partial charge on any atom is 0.234 e. The van der Waals surface area contributed by atoms with Crippen molar-refractivity contribution in [1.82, 2.24) is 15.1 Å². The van der Waals surface area contributed by atoms with E-state index in [1.54, 1.807) is 0 Å². The molecule has 0 aromatic heterocycles. The topological polar surface area (TPSA) is 35.6 Å². The van der Waals surface area contributed by atoms with Gasteiger partial charge in [0.1, 0.15) is 0 Å². The molecule has 1 aromatic carbocycles. The molecule has 0 aliphatic carbocycles. The van der Waals surface area contributed by atoms with Gasteiger partial charge in [-0.25, -0.2) is 0 Å². The zero-order chi connectivity index (χ0) is 16.3. The van der Waals surface area contributed by atoms with Crippen molar-refractivity contribution in [2.75, 3.05) is 45.8 Å². The van der Waals surface area contributed by atoms with Gasteiger partial charge in [0.25, 0.3) is 0 Å². The number of amides is 1. The van der Waals surface area contributed by atoms with E-state index in [1.165, 1.54) is 12.0 Å². The minimum Gasteiger partial charge on any atom is -0.355 e. The third-order valence-corrected chi connectivity index (χ3v) is 4.47. The third kappa shape index (κ3) is 7.14. The van der Waals surface area contributed by atoms with Crippen molar-refractivity contribution < 1.29 is 4.79 Å². The minimum absolute atomic E-state index is 0.177. The van der Waals surface area contributed by atoms with E-state index in [2.05, 4.69) is 52.4 Å². The minimum atomic E-state index is 0.177. The van der Waals surface area contributed by atoms with Crippen LogP contribution in [0.15, 0.2) is 30.3 Å². The van der Waals surface area contributed by atoms with Gasteiger partial charge in [0.05, 0.1) is 6.54 Å². The van der Waals surface area contributed by atoms with Gasteiger partial charge in [0.2, 0.25) is 5.91 Å². The molecule has 1 aliphatic heterocycles. The molecule has 0 unspecified atom stereocenters. The van der Waals surface area contributed by atoms with Crippen LogP contribution in [0.5, 0.6) is 0 Å². The van der Waals surface area contributed by atoms with E-state index in [9.17, 15) is 4.79 Å². The number of benzene rings is 1. The SMILES string of the molecule is CCCCNC(=O)CN1CCN(CCCc2ccccc2)CC1. The fourth-order valence-electron chi connectivity index (χ4n) is 2.99. The van der Waals surface area contributed by atoms with Crippen LogP contribution in [0, 0.1) is 0 Å². The number of nitrogens with zero attached hydrogens (tertiary/aromatic N) is 2.